The van der Waals surface area contributed by atoms with Crippen LogP contribution in [0.2, 0.25) is 5.02 Å². The van der Waals surface area contributed by atoms with E-state index in [0.717, 1.165) is 11.1 Å². The number of thioether (sulfide) groups is 1. The number of benzene rings is 3. The summed E-state index contributed by atoms with van der Waals surface area (Å²) in [5.41, 5.74) is 2.57. The molecule has 32 heavy (non-hydrogen) atoms. The van der Waals surface area contributed by atoms with Crippen molar-refractivity contribution >= 4 is 46.6 Å². The molecule has 1 saturated heterocycles. The van der Waals surface area contributed by atoms with Gasteiger partial charge < -0.3 is 10.2 Å². The third kappa shape index (κ3) is 4.92. The number of nitro groups is 1. The molecule has 1 fully saturated rings. The molecule has 0 spiro atoms. The third-order valence-electron chi connectivity index (χ3n) is 5.01. The van der Waals surface area contributed by atoms with Crippen molar-refractivity contribution in [2.45, 2.75) is 11.9 Å². The van der Waals surface area contributed by atoms with Crippen molar-refractivity contribution in [2.75, 3.05) is 11.1 Å². The summed E-state index contributed by atoms with van der Waals surface area (Å²) in [4.78, 5) is 37.2. The molecular formula is C23H18ClN3O4S. The number of halogens is 1. The highest BCUT2D eigenvalue weighted by molar-refractivity contribution is 8.00. The molecule has 1 atom stereocenters. The third-order valence-corrected chi connectivity index (χ3v) is 6.52. The number of anilines is 1. The molecule has 3 aromatic carbocycles. The Labute approximate surface area is 193 Å². The Kier molecular flexibility index (Phi) is 6.43. The standard InChI is InChI=1S/C23H18ClN3O4S/c24-18-10-4-15(5-11-18)13-26-21(28)14-32-23(26)17-8-6-16(7-9-17)22(29)25-19-2-1-3-20(12-19)27(30)31/h1-12,23H,13-14H2,(H,25,29)/t23-/m1/s1. The van der Waals surface area contributed by atoms with Gasteiger partial charge in [0.1, 0.15) is 5.37 Å². The van der Waals surface area contributed by atoms with Crippen LogP contribution in [0.3, 0.4) is 0 Å². The summed E-state index contributed by atoms with van der Waals surface area (Å²) in [6.45, 7) is 0.475. The zero-order valence-electron chi connectivity index (χ0n) is 16.7. The topological polar surface area (TPSA) is 92.5 Å². The molecule has 1 aliphatic heterocycles. The summed E-state index contributed by atoms with van der Waals surface area (Å²) in [6, 6.07) is 20.2. The Bertz CT molecular complexity index is 1170. The maximum atomic E-state index is 12.6. The molecule has 162 valence electrons. The fourth-order valence-corrected chi connectivity index (χ4v) is 4.70. The monoisotopic (exact) mass is 467 g/mol. The van der Waals surface area contributed by atoms with E-state index in [-0.39, 0.29) is 22.9 Å². The Balaban J connectivity index is 1.46. The first kappa shape index (κ1) is 21.9. The highest BCUT2D eigenvalue weighted by Gasteiger charge is 2.32. The van der Waals surface area contributed by atoms with Crippen molar-refractivity contribution in [3.05, 3.63) is 105 Å². The average Bonchev–Trinajstić information content (AvgIpc) is 3.15. The Morgan fingerprint density at radius 2 is 1.84 bits per heavy atom. The molecule has 4 rings (SSSR count). The van der Waals surface area contributed by atoms with Crippen LogP contribution in [0.1, 0.15) is 26.9 Å². The predicted octanol–water partition coefficient (Wildman–Crippen LogP) is 5.27. The Hall–Kier alpha value is -3.36. The van der Waals surface area contributed by atoms with Crippen molar-refractivity contribution in [1.29, 1.82) is 0 Å². The van der Waals surface area contributed by atoms with Gasteiger partial charge in [-0.25, -0.2) is 0 Å². The number of non-ortho nitro benzene ring substituents is 1. The summed E-state index contributed by atoms with van der Waals surface area (Å²) in [5, 5.41) is 14.1. The van der Waals surface area contributed by atoms with Crippen molar-refractivity contribution in [3.63, 3.8) is 0 Å². The zero-order chi connectivity index (χ0) is 22.7. The lowest BCUT2D eigenvalue weighted by Gasteiger charge is -2.24. The minimum Gasteiger partial charge on any atom is -0.322 e. The van der Waals surface area contributed by atoms with Crippen LogP contribution in [0, 0.1) is 10.1 Å². The Morgan fingerprint density at radius 1 is 1.12 bits per heavy atom. The second-order valence-electron chi connectivity index (χ2n) is 7.20. The molecule has 1 aliphatic rings. The number of carbonyl (C=O) groups is 2. The minimum absolute atomic E-state index is 0.0578. The first-order valence-corrected chi connectivity index (χ1v) is 11.1. The zero-order valence-corrected chi connectivity index (χ0v) is 18.3. The Morgan fingerprint density at radius 3 is 2.53 bits per heavy atom. The molecule has 0 aliphatic carbocycles. The smallest absolute Gasteiger partial charge is 0.271 e. The van der Waals surface area contributed by atoms with Gasteiger partial charge in [-0.2, -0.15) is 0 Å². The van der Waals surface area contributed by atoms with Crippen molar-refractivity contribution in [1.82, 2.24) is 4.90 Å². The number of carbonyl (C=O) groups excluding carboxylic acids is 2. The molecule has 3 aromatic rings. The molecule has 0 aromatic heterocycles. The summed E-state index contributed by atoms with van der Waals surface area (Å²) in [6.07, 6.45) is 0. The highest BCUT2D eigenvalue weighted by Crippen LogP contribution is 2.39. The van der Waals surface area contributed by atoms with E-state index in [0.29, 0.717) is 28.6 Å². The van der Waals surface area contributed by atoms with E-state index in [1.54, 1.807) is 42.1 Å². The number of amides is 2. The number of nitro benzene ring substituents is 1. The molecule has 2 amide bonds. The van der Waals surface area contributed by atoms with Crippen LogP contribution in [-0.2, 0) is 11.3 Å². The molecule has 0 saturated carbocycles. The summed E-state index contributed by atoms with van der Waals surface area (Å²) >= 11 is 7.49. The lowest BCUT2D eigenvalue weighted by molar-refractivity contribution is -0.384. The number of nitrogens with one attached hydrogen (secondary N) is 1. The minimum atomic E-state index is -0.513. The number of hydrogen-bond donors (Lipinski definition) is 1. The van der Waals surface area contributed by atoms with E-state index in [2.05, 4.69) is 5.32 Å². The molecule has 0 radical (unpaired) electrons. The lowest BCUT2D eigenvalue weighted by atomic mass is 10.1. The van der Waals surface area contributed by atoms with Gasteiger partial charge in [-0.05, 0) is 41.5 Å². The maximum Gasteiger partial charge on any atom is 0.271 e. The van der Waals surface area contributed by atoms with E-state index < -0.39 is 4.92 Å². The molecule has 1 N–H and O–H groups in total. The lowest BCUT2D eigenvalue weighted by Crippen LogP contribution is -2.27. The largest absolute Gasteiger partial charge is 0.322 e. The first-order valence-electron chi connectivity index (χ1n) is 9.72. The normalized spacial score (nSPS) is 15.6. The molecule has 7 nitrogen and oxygen atoms in total. The fraction of sp³-hybridized carbons (Fsp3) is 0.130. The van der Waals surface area contributed by atoms with Crippen molar-refractivity contribution < 1.29 is 14.5 Å². The van der Waals surface area contributed by atoms with Crippen LogP contribution in [0.5, 0.6) is 0 Å². The number of hydrogen-bond acceptors (Lipinski definition) is 5. The van der Waals surface area contributed by atoms with Crippen molar-refractivity contribution in [2.24, 2.45) is 0 Å². The summed E-state index contributed by atoms with van der Waals surface area (Å²) in [5.74, 6) is 0.0838. The fourth-order valence-electron chi connectivity index (χ4n) is 3.39. The number of rotatable bonds is 6. The average molecular weight is 468 g/mol. The van der Waals surface area contributed by atoms with E-state index in [4.69, 9.17) is 11.6 Å². The van der Waals surface area contributed by atoms with Crippen LogP contribution in [0.15, 0.2) is 72.8 Å². The van der Waals surface area contributed by atoms with Crippen LogP contribution >= 0.6 is 23.4 Å². The van der Waals surface area contributed by atoms with Gasteiger partial charge in [-0.15, -0.1) is 11.8 Å². The van der Waals surface area contributed by atoms with Gasteiger partial charge in [0.25, 0.3) is 11.6 Å². The summed E-state index contributed by atoms with van der Waals surface area (Å²) < 4.78 is 0. The van der Waals surface area contributed by atoms with E-state index >= 15 is 0 Å². The van der Waals surface area contributed by atoms with Gasteiger partial charge in [0, 0.05) is 35.0 Å². The van der Waals surface area contributed by atoms with Crippen LogP contribution in [-0.4, -0.2) is 27.4 Å². The van der Waals surface area contributed by atoms with Gasteiger partial charge in [-0.1, -0.05) is 41.9 Å². The maximum absolute atomic E-state index is 12.6. The molecule has 0 bridgehead atoms. The van der Waals surface area contributed by atoms with Crippen LogP contribution in [0.25, 0.3) is 0 Å². The second kappa shape index (κ2) is 9.42. The van der Waals surface area contributed by atoms with E-state index in [1.807, 2.05) is 29.2 Å². The molecule has 9 heteroatoms. The van der Waals surface area contributed by atoms with E-state index in [9.17, 15) is 19.7 Å². The van der Waals surface area contributed by atoms with Crippen molar-refractivity contribution in [3.8, 4) is 0 Å². The van der Waals surface area contributed by atoms with Gasteiger partial charge in [0.05, 0.1) is 10.7 Å². The molecule has 1 heterocycles. The highest BCUT2D eigenvalue weighted by atomic mass is 35.5. The molecular weight excluding hydrogens is 450 g/mol. The quantitative estimate of drug-likeness (QED) is 0.393. The number of nitrogens with zero attached hydrogens (tertiary/aromatic N) is 2. The van der Waals surface area contributed by atoms with Gasteiger partial charge >= 0.3 is 0 Å². The van der Waals surface area contributed by atoms with E-state index in [1.165, 1.54) is 18.2 Å². The van der Waals surface area contributed by atoms with Crippen LogP contribution < -0.4 is 5.32 Å². The first-order chi connectivity index (χ1) is 15.4. The SMILES string of the molecule is O=C(Nc1cccc([N+](=O)[O-])c1)c1ccc([C@H]2SCC(=O)N2Cc2ccc(Cl)cc2)cc1. The van der Waals surface area contributed by atoms with Gasteiger partial charge in [0.2, 0.25) is 5.91 Å². The van der Waals surface area contributed by atoms with Gasteiger partial charge in [-0.3, -0.25) is 19.7 Å². The second-order valence-corrected chi connectivity index (χ2v) is 8.70. The van der Waals surface area contributed by atoms with Crippen LogP contribution in [0.4, 0.5) is 11.4 Å². The molecule has 0 unspecified atom stereocenters. The van der Waals surface area contributed by atoms with Gasteiger partial charge in [0.15, 0.2) is 0 Å². The predicted molar refractivity (Wildman–Crippen MR) is 125 cm³/mol. The summed E-state index contributed by atoms with van der Waals surface area (Å²) in [7, 11) is 0.